The van der Waals surface area contributed by atoms with E-state index in [2.05, 4.69) is 9.98 Å². The standard InChI is InChI=1S/C24H20N4O7S/c1-36(34,35)27(14-21(29)30)17-9-7-16(8-10-17)25-23(15-5-3-2-4-6-15)22-19-13-18(28(32)33)11-12-20(19)26-24(22)31/h2-13,26,31H,14H2,1H3,(H,29,30). The molecule has 11 nitrogen and oxygen atoms in total. The zero-order valence-corrected chi connectivity index (χ0v) is 19.6. The molecule has 184 valence electrons. The molecule has 0 spiro atoms. The van der Waals surface area contributed by atoms with Gasteiger partial charge in [-0.1, -0.05) is 30.3 Å². The van der Waals surface area contributed by atoms with Crippen LogP contribution in [-0.2, 0) is 14.8 Å². The number of aromatic nitrogens is 1. The summed E-state index contributed by atoms with van der Waals surface area (Å²) in [5.41, 5.74) is 2.04. The van der Waals surface area contributed by atoms with Gasteiger partial charge in [0.2, 0.25) is 10.0 Å². The number of nitro benzene ring substituents is 1. The Balaban J connectivity index is 1.86. The van der Waals surface area contributed by atoms with Gasteiger partial charge in [0.25, 0.3) is 5.69 Å². The minimum absolute atomic E-state index is 0.144. The number of hydrogen-bond acceptors (Lipinski definition) is 7. The molecule has 0 aliphatic heterocycles. The maximum atomic E-state index is 12.1. The number of carboxylic acid groups (broad SMARTS) is 1. The molecule has 0 atom stereocenters. The lowest BCUT2D eigenvalue weighted by Crippen LogP contribution is -2.34. The van der Waals surface area contributed by atoms with E-state index < -0.39 is 27.5 Å². The maximum Gasteiger partial charge on any atom is 0.324 e. The van der Waals surface area contributed by atoms with Gasteiger partial charge in [0.1, 0.15) is 6.54 Å². The van der Waals surface area contributed by atoms with E-state index in [9.17, 15) is 28.4 Å². The molecule has 1 heterocycles. The third kappa shape index (κ3) is 5.03. The van der Waals surface area contributed by atoms with Crippen LogP contribution in [0.4, 0.5) is 17.1 Å². The first-order valence-electron chi connectivity index (χ1n) is 10.5. The number of non-ortho nitro benzene ring substituents is 1. The van der Waals surface area contributed by atoms with E-state index in [1.165, 1.54) is 42.5 Å². The van der Waals surface area contributed by atoms with Crippen LogP contribution < -0.4 is 4.31 Å². The molecule has 0 saturated carbocycles. The molecule has 12 heteroatoms. The zero-order valence-electron chi connectivity index (χ0n) is 18.8. The van der Waals surface area contributed by atoms with E-state index in [4.69, 9.17) is 5.11 Å². The summed E-state index contributed by atoms with van der Waals surface area (Å²) in [6, 6.07) is 18.9. The highest BCUT2D eigenvalue weighted by molar-refractivity contribution is 7.92. The van der Waals surface area contributed by atoms with Gasteiger partial charge in [0, 0.05) is 28.6 Å². The van der Waals surface area contributed by atoms with Crippen LogP contribution >= 0.6 is 0 Å². The number of anilines is 1. The predicted molar refractivity (Wildman–Crippen MR) is 135 cm³/mol. The molecule has 1 aromatic heterocycles. The largest absolute Gasteiger partial charge is 0.494 e. The van der Waals surface area contributed by atoms with Gasteiger partial charge in [-0.05, 0) is 30.3 Å². The number of carboxylic acids is 1. The summed E-state index contributed by atoms with van der Waals surface area (Å²) in [7, 11) is -3.84. The number of fused-ring (bicyclic) bond motifs is 1. The van der Waals surface area contributed by atoms with Crippen LogP contribution in [0.15, 0.2) is 77.8 Å². The Morgan fingerprint density at radius 1 is 1.08 bits per heavy atom. The predicted octanol–water partition coefficient (Wildman–Crippen LogP) is 3.80. The van der Waals surface area contributed by atoms with Crippen molar-refractivity contribution in [2.45, 2.75) is 0 Å². The molecule has 4 aromatic rings. The zero-order chi connectivity index (χ0) is 26.0. The number of H-pyrrole nitrogens is 1. The highest BCUT2D eigenvalue weighted by atomic mass is 32.2. The number of carbonyl (C=O) groups is 1. The van der Waals surface area contributed by atoms with Gasteiger partial charge in [0.15, 0.2) is 5.88 Å². The third-order valence-electron chi connectivity index (χ3n) is 5.32. The van der Waals surface area contributed by atoms with Crippen molar-refractivity contribution in [1.82, 2.24) is 4.98 Å². The summed E-state index contributed by atoms with van der Waals surface area (Å²) >= 11 is 0. The molecule has 3 N–H and O–H groups in total. The number of nitrogens with one attached hydrogen (secondary N) is 1. The second-order valence-electron chi connectivity index (χ2n) is 7.84. The van der Waals surface area contributed by atoms with E-state index in [0.717, 1.165) is 10.6 Å². The van der Waals surface area contributed by atoms with Crippen LogP contribution in [0.5, 0.6) is 5.88 Å². The molecule has 3 aromatic carbocycles. The quantitative estimate of drug-likeness (QED) is 0.185. The fourth-order valence-corrected chi connectivity index (χ4v) is 4.57. The summed E-state index contributed by atoms with van der Waals surface area (Å²) in [6.07, 6.45) is 0.911. The second-order valence-corrected chi connectivity index (χ2v) is 9.75. The average molecular weight is 509 g/mol. The van der Waals surface area contributed by atoms with Gasteiger partial charge in [-0.15, -0.1) is 0 Å². The average Bonchev–Trinajstić information content (AvgIpc) is 3.16. The number of aliphatic carboxylic acids is 1. The monoisotopic (exact) mass is 508 g/mol. The molecule has 0 radical (unpaired) electrons. The third-order valence-corrected chi connectivity index (χ3v) is 6.46. The first-order chi connectivity index (χ1) is 17.0. The molecule has 0 aliphatic carbocycles. The lowest BCUT2D eigenvalue weighted by atomic mass is 10.0. The first-order valence-corrected chi connectivity index (χ1v) is 12.3. The van der Waals surface area contributed by atoms with Crippen LogP contribution in [0.2, 0.25) is 0 Å². The van der Waals surface area contributed by atoms with Gasteiger partial charge < -0.3 is 15.2 Å². The number of benzene rings is 3. The molecule has 0 fully saturated rings. The molecular weight excluding hydrogens is 488 g/mol. The molecule has 36 heavy (non-hydrogen) atoms. The maximum absolute atomic E-state index is 12.1. The normalized spacial score (nSPS) is 12.0. The lowest BCUT2D eigenvalue weighted by Gasteiger charge is -2.20. The second kappa shape index (κ2) is 9.50. The Morgan fingerprint density at radius 3 is 2.33 bits per heavy atom. The molecule has 0 unspecified atom stereocenters. The molecule has 0 amide bonds. The minimum Gasteiger partial charge on any atom is -0.494 e. The van der Waals surface area contributed by atoms with Crippen molar-refractivity contribution in [1.29, 1.82) is 0 Å². The molecule has 0 saturated heterocycles. The number of aromatic hydroxyl groups is 1. The van der Waals surface area contributed by atoms with E-state index in [0.29, 0.717) is 27.9 Å². The molecule has 0 aliphatic rings. The van der Waals surface area contributed by atoms with Crippen molar-refractivity contribution < 1.29 is 28.3 Å². The smallest absolute Gasteiger partial charge is 0.324 e. The van der Waals surface area contributed by atoms with Crippen LogP contribution in [-0.4, -0.2) is 53.0 Å². The van der Waals surface area contributed by atoms with Gasteiger partial charge in [-0.25, -0.2) is 13.4 Å². The Hall–Kier alpha value is -4.71. The lowest BCUT2D eigenvalue weighted by molar-refractivity contribution is -0.384. The number of nitrogens with zero attached hydrogens (tertiary/aromatic N) is 3. The van der Waals surface area contributed by atoms with E-state index in [1.807, 2.05) is 0 Å². The summed E-state index contributed by atoms with van der Waals surface area (Å²) in [5, 5.41) is 31.5. The number of nitro groups is 1. The van der Waals surface area contributed by atoms with Crippen LogP contribution in [0.1, 0.15) is 11.1 Å². The summed E-state index contributed by atoms with van der Waals surface area (Å²) in [5.74, 6) is -1.53. The highest BCUT2D eigenvalue weighted by Crippen LogP contribution is 2.34. The van der Waals surface area contributed by atoms with Crippen molar-refractivity contribution in [3.63, 3.8) is 0 Å². The highest BCUT2D eigenvalue weighted by Gasteiger charge is 2.22. The number of rotatable bonds is 8. The first kappa shape index (κ1) is 24.4. The van der Waals surface area contributed by atoms with Gasteiger partial charge in [0.05, 0.1) is 33.8 Å². The number of aliphatic imine (C=N–C) groups is 1. The summed E-state index contributed by atoms with van der Waals surface area (Å²) < 4.78 is 24.9. The molecule has 4 rings (SSSR count). The topological polar surface area (TPSA) is 166 Å². The Morgan fingerprint density at radius 2 is 1.75 bits per heavy atom. The fraction of sp³-hybridized carbons (Fsp3) is 0.0833. The van der Waals surface area contributed by atoms with E-state index >= 15 is 0 Å². The Kier molecular flexibility index (Phi) is 6.45. The number of aromatic amines is 1. The summed E-state index contributed by atoms with van der Waals surface area (Å²) in [6.45, 7) is -0.737. The van der Waals surface area contributed by atoms with Crippen molar-refractivity contribution >= 4 is 49.7 Å². The van der Waals surface area contributed by atoms with Gasteiger partial charge in [-0.3, -0.25) is 19.2 Å². The van der Waals surface area contributed by atoms with Crippen molar-refractivity contribution in [2.75, 3.05) is 17.1 Å². The Bertz CT molecular complexity index is 1590. The van der Waals surface area contributed by atoms with E-state index in [1.54, 1.807) is 30.3 Å². The fourth-order valence-electron chi connectivity index (χ4n) is 3.73. The summed E-state index contributed by atoms with van der Waals surface area (Å²) in [4.78, 5) is 29.4. The van der Waals surface area contributed by atoms with Crippen LogP contribution in [0.3, 0.4) is 0 Å². The van der Waals surface area contributed by atoms with Crippen molar-refractivity contribution in [3.05, 3.63) is 94.0 Å². The van der Waals surface area contributed by atoms with Crippen molar-refractivity contribution in [3.8, 4) is 5.88 Å². The molecular formula is C24H20N4O7S. The van der Waals surface area contributed by atoms with Gasteiger partial charge in [-0.2, -0.15) is 0 Å². The van der Waals surface area contributed by atoms with Gasteiger partial charge >= 0.3 is 5.97 Å². The minimum atomic E-state index is -3.84. The number of sulfonamides is 1. The SMILES string of the molecule is CS(=O)(=O)N(CC(=O)O)c1ccc(N=C(c2ccccc2)c2c(O)[nH]c3ccc([N+](=O)[O-])cc23)cc1. The van der Waals surface area contributed by atoms with E-state index in [-0.39, 0.29) is 22.8 Å². The Labute approximate surface area is 205 Å². The molecule has 0 bridgehead atoms. The van der Waals surface area contributed by atoms with Crippen molar-refractivity contribution in [2.24, 2.45) is 4.99 Å². The van der Waals surface area contributed by atoms with Crippen LogP contribution in [0, 0.1) is 10.1 Å². The van der Waals surface area contributed by atoms with Crippen LogP contribution in [0.25, 0.3) is 10.9 Å². The number of hydrogen-bond donors (Lipinski definition) is 3.